The van der Waals surface area contributed by atoms with Crippen molar-refractivity contribution in [1.29, 1.82) is 0 Å². The number of benzene rings is 2. The number of nitrogens with zero attached hydrogens (tertiary/aromatic N) is 1. The molecule has 8 heteroatoms. The van der Waals surface area contributed by atoms with Gasteiger partial charge in [-0.25, -0.2) is 4.39 Å². The molecule has 0 saturated carbocycles. The van der Waals surface area contributed by atoms with Gasteiger partial charge in [-0.1, -0.05) is 6.07 Å². The molecule has 126 valence electrons. The first kappa shape index (κ1) is 17.9. The van der Waals surface area contributed by atoms with E-state index < -0.39 is 22.7 Å². The molecule has 0 saturated heterocycles. The normalized spacial score (nSPS) is 11.7. The highest BCUT2D eigenvalue weighted by Gasteiger charge is 2.18. The Morgan fingerprint density at radius 2 is 2.04 bits per heavy atom. The van der Waals surface area contributed by atoms with Crippen LogP contribution in [0.3, 0.4) is 0 Å². The van der Waals surface area contributed by atoms with Crippen molar-refractivity contribution in [3.8, 4) is 5.75 Å². The summed E-state index contributed by atoms with van der Waals surface area (Å²) in [5.74, 6) is -0.912. The molecule has 0 aliphatic carbocycles. The molecule has 24 heavy (non-hydrogen) atoms. The van der Waals surface area contributed by atoms with Gasteiger partial charge in [0.2, 0.25) is 0 Å². The van der Waals surface area contributed by atoms with Crippen molar-refractivity contribution in [3.05, 3.63) is 67.9 Å². The summed E-state index contributed by atoms with van der Waals surface area (Å²) in [6, 6.07) is 7.97. The molecule has 2 aromatic carbocycles. The number of amides is 1. The Bertz CT molecular complexity index is 798. The van der Waals surface area contributed by atoms with Crippen molar-refractivity contribution >= 4 is 27.5 Å². The van der Waals surface area contributed by atoms with Crippen LogP contribution in [0.1, 0.15) is 28.9 Å². The molecule has 0 aliphatic heterocycles. The van der Waals surface area contributed by atoms with Gasteiger partial charge in [0.05, 0.1) is 22.5 Å². The summed E-state index contributed by atoms with van der Waals surface area (Å²) in [6.45, 7) is 1.69. The van der Waals surface area contributed by atoms with Crippen molar-refractivity contribution in [2.75, 3.05) is 7.11 Å². The second-order valence-electron chi connectivity index (χ2n) is 5.01. The zero-order valence-electron chi connectivity index (χ0n) is 12.9. The molecule has 6 nitrogen and oxygen atoms in total. The first-order valence-corrected chi connectivity index (χ1v) is 7.71. The second kappa shape index (κ2) is 7.39. The Morgan fingerprint density at radius 1 is 1.33 bits per heavy atom. The van der Waals surface area contributed by atoms with Gasteiger partial charge in [-0.15, -0.1) is 0 Å². The van der Waals surface area contributed by atoms with Crippen LogP contribution in [-0.2, 0) is 0 Å². The summed E-state index contributed by atoms with van der Waals surface area (Å²) < 4.78 is 18.9. The van der Waals surface area contributed by atoms with Crippen molar-refractivity contribution in [2.24, 2.45) is 0 Å². The number of hydrogen-bond donors (Lipinski definition) is 1. The van der Waals surface area contributed by atoms with E-state index in [-0.39, 0.29) is 21.5 Å². The molecule has 0 heterocycles. The standard InChI is InChI=1S/C16H14BrFN2O4/c1-9(10-4-6-15(24-2)13(18)7-10)19-16(21)11-3-5-12(17)14(8-11)20(22)23/h3-9H,1-2H3,(H,19,21)/t9-/m0/s1. The van der Waals surface area contributed by atoms with Crippen molar-refractivity contribution < 1.29 is 18.8 Å². The third-order valence-corrected chi connectivity index (χ3v) is 4.10. The zero-order chi connectivity index (χ0) is 17.9. The first-order chi connectivity index (χ1) is 11.3. The maximum atomic E-state index is 13.7. The molecule has 0 unspecified atom stereocenters. The maximum Gasteiger partial charge on any atom is 0.284 e. The summed E-state index contributed by atoms with van der Waals surface area (Å²) in [6.07, 6.45) is 0. The number of nitro groups is 1. The lowest BCUT2D eigenvalue weighted by Crippen LogP contribution is -2.26. The van der Waals surface area contributed by atoms with Crippen LogP contribution < -0.4 is 10.1 Å². The van der Waals surface area contributed by atoms with E-state index in [1.807, 2.05) is 0 Å². The number of halogens is 2. The van der Waals surface area contributed by atoms with E-state index in [2.05, 4.69) is 21.2 Å². The predicted octanol–water partition coefficient (Wildman–Crippen LogP) is 4.00. The molecular weight excluding hydrogens is 383 g/mol. The molecule has 0 spiro atoms. The Balaban J connectivity index is 2.18. The molecule has 0 fully saturated rings. The summed E-state index contributed by atoms with van der Waals surface area (Å²) >= 11 is 3.06. The van der Waals surface area contributed by atoms with Crippen LogP contribution in [-0.4, -0.2) is 17.9 Å². The number of carbonyl (C=O) groups is 1. The number of ether oxygens (including phenoxy) is 1. The lowest BCUT2D eigenvalue weighted by molar-refractivity contribution is -0.385. The largest absolute Gasteiger partial charge is 0.494 e. The monoisotopic (exact) mass is 396 g/mol. The average molecular weight is 397 g/mol. The highest BCUT2D eigenvalue weighted by Crippen LogP contribution is 2.26. The van der Waals surface area contributed by atoms with Gasteiger partial charge in [0.1, 0.15) is 0 Å². The average Bonchev–Trinajstić information content (AvgIpc) is 2.54. The Hall–Kier alpha value is -2.48. The first-order valence-electron chi connectivity index (χ1n) is 6.91. The van der Waals surface area contributed by atoms with Crippen LogP contribution in [0.15, 0.2) is 40.9 Å². The molecule has 2 rings (SSSR count). The molecule has 0 aliphatic rings. The Kier molecular flexibility index (Phi) is 5.50. The summed E-state index contributed by atoms with van der Waals surface area (Å²) in [7, 11) is 1.36. The zero-order valence-corrected chi connectivity index (χ0v) is 14.5. The van der Waals surface area contributed by atoms with Gasteiger partial charge in [-0.05, 0) is 52.7 Å². The number of methoxy groups -OCH3 is 1. The van der Waals surface area contributed by atoms with E-state index in [9.17, 15) is 19.3 Å². The van der Waals surface area contributed by atoms with E-state index in [4.69, 9.17) is 4.74 Å². The van der Waals surface area contributed by atoms with Gasteiger partial charge in [-0.3, -0.25) is 14.9 Å². The minimum Gasteiger partial charge on any atom is -0.494 e. The van der Waals surface area contributed by atoms with Crippen LogP contribution in [0.4, 0.5) is 10.1 Å². The van der Waals surface area contributed by atoms with E-state index in [0.717, 1.165) is 0 Å². The van der Waals surface area contributed by atoms with Crippen LogP contribution in [0, 0.1) is 15.9 Å². The SMILES string of the molecule is COc1ccc([C@H](C)NC(=O)c2ccc(Br)c([N+](=O)[O-])c2)cc1F. The molecule has 2 aromatic rings. The lowest BCUT2D eigenvalue weighted by Gasteiger charge is -2.15. The van der Waals surface area contributed by atoms with Crippen molar-refractivity contribution in [1.82, 2.24) is 5.32 Å². The Morgan fingerprint density at radius 3 is 2.62 bits per heavy atom. The second-order valence-corrected chi connectivity index (χ2v) is 5.87. The Labute approximate surface area is 145 Å². The van der Waals surface area contributed by atoms with Crippen LogP contribution in [0.5, 0.6) is 5.75 Å². The molecule has 1 atom stereocenters. The summed E-state index contributed by atoms with van der Waals surface area (Å²) in [5, 5.41) is 13.6. The highest BCUT2D eigenvalue weighted by molar-refractivity contribution is 9.10. The van der Waals surface area contributed by atoms with Crippen molar-refractivity contribution in [3.63, 3.8) is 0 Å². The van der Waals surface area contributed by atoms with E-state index in [1.165, 1.54) is 37.4 Å². The molecule has 0 radical (unpaired) electrons. The molecule has 0 aromatic heterocycles. The fourth-order valence-corrected chi connectivity index (χ4v) is 2.50. The smallest absolute Gasteiger partial charge is 0.284 e. The number of rotatable bonds is 5. The van der Waals surface area contributed by atoms with E-state index >= 15 is 0 Å². The lowest BCUT2D eigenvalue weighted by atomic mass is 10.1. The third kappa shape index (κ3) is 3.88. The van der Waals surface area contributed by atoms with Gasteiger partial charge in [0, 0.05) is 11.6 Å². The number of nitrogens with one attached hydrogen (secondary N) is 1. The molecule has 1 amide bonds. The quantitative estimate of drug-likeness (QED) is 0.611. The number of carbonyl (C=O) groups excluding carboxylic acids is 1. The minimum atomic E-state index is -0.580. The van der Waals surface area contributed by atoms with Gasteiger partial charge in [0.15, 0.2) is 11.6 Å². The number of hydrogen-bond acceptors (Lipinski definition) is 4. The van der Waals surface area contributed by atoms with Gasteiger partial charge < -0.3 is 10.1 Å². The van der Waals surface area contributed by atoms with E-state index in [1.54, 1.807) is 13.0 Å². The number of nitro benzene ring substituents is 1. The molecule has 0 bridgehead atoms. The summed E-state index contributed by atoms with van der Waals surface area (Å²) in [5.41, 5.74) is 0.491. The summed E-state index contributed by atoms with van der Waals surface area (Å²) in [4.78, 5) is 22.6. The van der Waals surface area contributed by atoms with Crippen LogP contribution in [0.2, 0.25) is 0 Å². The highest BCUT2D eigenvalue weighted by atomic mass is 79.9. The minimum absolute atomic E-state index is 0.112. The van der Waals surface area contributed by atoms with Gasteiger partial charge in [0.25, 0.3) is 11.6 Å². The van der Waals surface area contributed by atoms with Crippen LogP contribution >= 0.6 is 15.9 Å². The fourth-order valence-electron chi connectivity index (χ4n) is 2.11. The van der Waals surface area contributed by atoms with Crippen LogP contribution in [0.25, 0.3) is 0 Å². The van der Waals surface area contributed by atoms with Gasteiger partial charge >= 0.3 is 0 Å². The maximum absolute atomic E-state index is 13.7. The van der Waals surface area contributed by atoms with Crippen molar-refractivity contribution in [2.45, 2.75) is 13.0 Å². The third-order valence-electron chi connectivity index (χ3n) is 3.43. The fraction of sp³-hybridized carbons (Fsp3) is 0.188. The topological polar surface area (TPSA) is 81.5 Å². The molecule has 1 N–H and O–H groups in total. The molecular formula is C16H14BrFN2O4. The predicted molar refractivity (Wildman–Crippen MR) is 89.6 cm³/mol. The van der Waals surface area contributed by atoms with E-state index in [0.29, 0.717) is 5.56 Å². The van der Waals surface area contributed by atoms with Gasteiger partial charge in [-0.2, -0.15) is 0 Å².